The maximum atomic E-state index is 12.4. The molecule has 0 aliphatic carbocycles. The molecular formula is C22H26N6O. The van der Waals surface area contributed by atoms with E-state index >= 15 is 0 Å². The third-order valence-electron chi connectivity index (χ3n) is 5.24. The Balaban J connectivity index is 1.30. The highest BCUT2D eigenvalue weighted by molar-refractivity contribution is 6.04. The van der Waals surface area contributed by atoms with Crippen LogP contribution >= 0.6 is 0 Å². The fraction of sp³-hybridized carbons (Fsp3) is 0.318. The van der Waals surface area contributed by atoms with Gasteiger partial charge in [-0.2, -0.15) is 5.10 Å². The van der Waals surface area contributed by atoms with Crippen molar-refractivity contribution in [3.63, 3.8) is 0 Å². The van der Waals surface area contributed by atoms with Crippen LogP contribution in [-0.2, 0) is 13.6 Å². The predicted octanol–water partition coefficient (Wildman–Crippen LogP) is 2.83. The molecule has 0 atom stereocenters. The van der Waals surface area contributed by atoms with E-state index in [1.54, 1.807) is 24.5 Å². The van der Waals surface area contributed by atoms with Crippen molar-refractivity contribution >= 4 is 17.3 Å². The molecule has 0 spiro atoms. The lowest BCUT2D eigenvalue weighted by Crippen LogP contribution is -2.42. The number of aryl methyl sites for hydroxylation is 1. The fourth-order valence-corrected chi connectivity index (χ4v) is 3.65. The molecule has 3 heterocycles. The molecule has 0 saturated carbocycles. The third kappa shape index (κ3) is 5.00. The summed E-state index contributed by atoms with van der Waals surface area (Å²) in [5, 5.41) is 10.8. The molecule has 7 heteroatoms. The largest absolute Gasteiger partial charge is 0.371 e. The number of aromatic nitrogens is 3. The zero-order valence-corrected chi connectivity index (χ0v) is 16.6. The minimum atomic E-state index is -0.145. The average molecular weight is 390 g/mol. The van der Waals surface area contributed by atoms with Crippen molar-refractivity contribution < 1.29 is 4.79 Å². The maximum absolute atomic E-state index is 12.4. The standard InChI is InChI=1S/C22H26N6O/c1-27-16-17(14-25-27)13-24-19-7-10-28(11-8-19)21-6-2-5-20(12-21)26-22(29)18-4-3-9-23-15-18/h2-6,9,12,14-16,19,24H,7-8,10-11,13H2,1H3,(H,26,29). The number of anilines is 2. The maximum Gasteiger partial charge on any atom is 0.257 e. The Kier molecular flexibility index (Phi) is 5.86. The number of rotatable bonds is 6. The molecule has 150 valence electrons. The van der Waals surface area contributed by atoms with Gasteiger partial charge in [0.25, 0.3) is 5.91 Å². The number of nitrogens with zero attached hydrogens (tertiary/aromatic N) is 4. The number of nitrogens with one attached hydrogen (secondary N) is 2. The minimum Gasteiger partial charge on any atom is -0.371 e. The van der Waals surface area contributed by atoms with E-state index in [1.807, 2.05) is 42.3 Å². The van der Waals surface area contributed by atoms with Gasteiger partial charge in [0.1, 0.15) is 0 Å². The SMILES string of the molecule is Cn1cc(CNC2CCN(c3cccc(NC(=O)c4cccnc4)c3)CC2)cn1. The normalized spacial score (nSPS) is 14.7. The van der Waals surface area contributed by atoms with E-state index in [9.17, 15) is 4.79 Å². The van der Waals surface area contributed by atoms with Crippen LogP contribution in [0.5, 0.6) is 0 Å². The molecule has 0 bridgehead atoms. The topological polar surface area (TPSA) is 75.1 Å². The summed E-state index contributed by atoms with van der Waals surface area (Å²) in [5.74, 6) is -0.145. The van der Waals surface area contributed by atoms with Gasteiger partial charge in [-0.1, -0.05) is 6.07 Å². The summed E-state index contributed by atoms with van der Waals surface area (Å²) in [7, 11) is 1.94. The van der Waals surface area contributed by atoms with Gasteiger partial charge in [-0.05, 0) is 43.2 Å². The smallest absolute Gasteiger partial charge is 0.257 e. The molecule has 1 saturated heterocycles. The van der Waals surface area contributed by atoms with E-state index in [-0.39, 0.29) is 5.91 Å². The van der Waals surface area contributed by atoms with Crippen molar-refractivity contribution in [1.82, 2.24) is 20.1 Å². The number of benzene rings is 1. The Bertz CT molecular complexity index is 947. The van der Waals surface area contributed by atoms with Crippen LogP contribution in [0, 0.1) is 0 Å². The average Bonchev–Trinajstić information content (AvgIpc) is 3.18. The fourth-order valence-electron chi connectivity index (χ4n) is 3.65. The van der Waals surface area contributed by atoms with Crippen LogP contribution in [0.2, 0.25) is 0 Å². The molecular weight excluding hydrogens is 364 g/mol. The first kappa shape index (κ1) is 19.1. The summed E-state index contributed by atoms with van der Waals surface area (Å²) < 4.78 is 1.83. The first-order valence-corrected chi connectivity index (χ1v) is 9.95. The zero-order valence-electron chi connectivity index (χ0n) is 16.6. The number of carbonyl (C=O) groups is 1. The lowest BCUT2D eigenvalue weighted by molar-refractivity contribution is 0.102. The number of carbonyl (C=O) groups excluding carboxylic acids is 1. The van der Waals surface area contributed by atoms with Crippen molar-refractivity contribution in [2.24, 2.45) is 7.05 Å². The monoisotopic (exact) mass is 390 g/mol. The van der Waals surface area contributed by atoms with Gasteiger partial charge < -0.3 is 15.5 Å². The molecule has 0 unspecified atom stereocenters. The molecule has 2 aromatic heterocycles. The highest BCUT2D eigenvalue weighted by Crippen LogP contribution is 2.23. The number of amides is 1. The highest BCUT2D eigenvalue weighted by atomic mass is 16.1. The van der Waals surface area contributed by atoms with E-state index < -0.39 is 0 Å². The number of piperidine rings is 1. The van der Waals surface area contributed by atoms with E-state index in [0.717, 1.165) is 43.9 Å². The zero-order chi connectivity index (χ0) is 20.1. The number of hydrogen-bond donors (Lipinski definition) is 2. The summed E-state index contributed by atoms with van der Waals surface area (Å²) in [4.78, 5) is 18.7. The van der Waals surface area contributed by atoms with Gasteiger partial charge in [0, 0.05) is 68.3 Å². The highest BCUT2D eigenvalue weighted by Gasteiger charge is 2.19. The van der Waals surface area contributed by atoms with Crippen LogP contribution < -0.4 is 15.5 Å². The van der Waals surface area contributed by atoms with Crippen LogP contribution in [0.15, 0.2) is 61.2 Å². The lowest BCUT2D eigenvalue weighted by atomic mass is 10.0. The van der Waals surface area contributed by atoms with Crippen molar-refractivity contribution in [2.75, 3.05) is 23.3 Å². The first-order valence-electron chi connectivity index (χ1n) is 9.95. The Morgan fingerprint density at radius 1 is 1.17 bits per heavy atom. The molecule has 0 radical (unpaired) electrons. The minimum absolute atomic E-state index is 0.145. The Morgan fingerprint density at radius 3 is 2.76 bits per heavy atom. The first-order chi connectivity index (χ1) is 14.2. The van der Waals surface area contributed by atoms with Crippen LogP contribution in [0.25, 0.3) is 0 Å². The van der Waals surface area contributed by atoms with Crippen LogP contribution in [0.3, 0.4) is 0 Å². The van der Waals surface area contributed by atoms with E-state index in [4.69, 9.17) is 0 Å². The van der Waals surface area contributed by atoms with Crippen LogP contribution in [0.1, 0.15) is 28.8 Å². The van der Waals surface area contributed by atoms with Gasteiger partial charge >= 0.3 is 0 Å². The van der Waals surface area contributed by atoms with E-state index in [2.05, 4.69) is 31.7 Å². The van der Waals surface area contributed by atoms with Gasteiger partial charge in [-0.15, -0.1) is 0 Å². The van der Waals surface area contributed by atoms with Crippen molar-refractivity contribution in [1.29, 1.82) is 0 Å². The molecule has 1 aliphatic rings. The molecule has 1 amide bonds. The van der Waals surface area contributed by atoms with Gasteiger partial charge in [0.15, 0.2) is 0 Å². The van der Waals surface area contributed by atoms with Gasteiger partial charge in [0.2, 0.25) is 0 Å². The molecule has 3 aromatic rings. The number of pyridine rings is 1. The van der Waals surface area contributed by atoms with Gasteiger partial charge in [-0.25, -0.2) is 0 Å². The van der Waals surface area contributed by atoms with Crippen LogP contribution in [-0.4, -0.2) is 39.8 Å². The Morgan fingerprint density at radius 2 is 2.03 bits per heavy atom. The second-order valence-electron chi connectivity index (χ2n) is 7.41. The quantitative estimate of drug-likeness (QED) is 0.677. The second kappa shape index (κ2) is 8.87. The predicted molar refractivity (Wildman–Crippen MR) is 114 cm³/mol. The summed E-state index contributed by atoms with van der Waals surface area (Å²) in [6, 6.07) is 12.1. The summed E-state index contributed by atoms with van der Waals surface area (Å²) in [6.07, 6.45) is 9.37. The third-order valence-corrected chi connectivity index (χ3v) is 5.24. The Hall–Kier alpha value is -3.19. The summed E-state index contributed by atoms with van der Waals surface area (Å²) in [6.45, 7) is 2.84. The van der Waals surface area contributed by atoms with E-state index in [0.29, 0.717) is 11.6 Å². The van der Waals surface area contributed by atoms with E-state index in [1.165, 1.54) is 5.56 Å². The number of hydrogen-bond acceptors (Lipinski definition) is 5. The lowest BCUT2D eigenvalue weighted by Gasteiger charge is -2.34. The molecule has 1 fully saturated rings. The van der Waals surface area contributed by atoms with Gasteiger partial charge in [0.05, 0.1) is 11.8 Å². The summed E-state index contributed by atoms with van der Waals surface area (Å²) >= 11 is 0. The molecule has 7 nitrogen and oxygen atoms in total. The van der Waals surface area contributed by atoms with Crippen LogP contribution in [0.4, 0.5) is 11.4 Å². The molecule has 2 N–H and O–H groups in total. The second-order valence-corrected chi connectivity index (χ2v) is 7.41. The Labute approximate surface area is 170 Å². The van der Waals surface area contributed by atoms with Gasteiger partial charge in [-0.3, -0.25) is 14.5 Å². The van der Waals surface area contributed by atoms with Crippen molar-refractivity contribution in [3.05, 3.63) is 72.3 Å². The molecule has 1 aromatic carbocycles. The van der Waals surface area contributed by atoms with Crippen molar-refractivity contribution in [2.45, 2.75) is 25.4 Å². The summed E-state index contributed by atoms with van der Waals surface area (Å²) in [5.41, 5.74) is 3.71. The van der Waals surface area contributed by atoms with Crippen molar-refractivity contribution in [3.8, 4) is 0 Å². The molecule has 29 heavy (non-hydrogen) atoms. The molecule has 4 rings (SSSR count). The molecule has 1 aliphatic heterocycles.